The van der Waals surface area contributed by atoms with Gasteiger partial charge in [0.15, 0.2) is 0 Å². The summed E-state index contributed by atoms with van der Waals surface area (Å²) in [6.45, 7) is 4.52. The number of nitrogens with zero attached hydrogens (tertiary/aromatic N) is 1. The molecule has 3 unspecified atom stereocenters. The molecule has 8 nitrogen and oxygen atoms in total. The first-order valence-corrected chi connectivity index (χ1v) is 29.3. The van der Waals surface area contributed by atoms with E-state index in [1.807, 2.05) is 27.2 Å². The molecule has 0 rings (SSSR count). The Balaban J connectivity index is 4.24. The van der Waals surface area contributed by atoms with Gasteiger partial charge in [-0.15, -0.1) is 0 Å². The lowest BCUT2D eigenvalue weighted by Gasteiger charge is -2.29. The molecule has 0 saturated heterocycles. The number of hydrogen-bond acceptors (Lipinski definition) is 6. The Morgan fingerprint density at radius 2 is 0.925 bits per heavy atom. The molecular formula is C58H107N2O6P. The Morgan fingerprint density at radius 3 is 1.39 bits per heavy atom. The number of amides is 1. The van der Waals surface area contributed by atoms with E-state index in [9.17, 15) is 19.4 Å². The van der Waals surface area contributed by atoms with Crippen LogP contribution in [-0.4, -0.2) is 68.5 Å². The number of aliphatic hydroxyl groups excluding tert-OH is 1. The van der Waals surface area contributed by atoms with Gasteiger partial charge in [-0.2, -0.15) is 0 Å². The molecule has 3 atom stereocenters. The molecule has 0 aliphatic carbocycles. The van der Waals surface area contributed by atoms with Crippen LogP contribution < -0.4 is 10.2 Å². The molecule has 67 heavy (non-hydrogen) atoms. The number of quaternary nitrogens is 1. The number of aliphatic hydroxyl groups is 1. The lowest BCUT2D eigenvalue weighted by molar-refractivity contribution is -0.870. The van der Waals surface area contributed by atoms with Crippen LogP contribution in [0.4, 0.5) is 0 Å². The first-order valence-electron chi connectivity index (χ1n) is 27.8. The molecule has 1 amide bonds. The molecule has 390 valence electrons. The van der Waals surface area contributed by atoms with Gasteiger partial charge >= 0.3 is 0 Å². The number of likely N-dealkylation sites (N-methyl/N-ethyl adjacent to an activating group) is 1. The molecule has 0 radical (unpaired) electrons. The Hall–Kier alpha value is -2.06. The molecule has 0 aliphatic rings. The molecule has 0 aliphatic heterocycles. The van der Waals surface area contributed by atoms with E-state index in [1.54, 1.807) is 6.08 Å². The van der Waals surface area contributed by atoms with E-state index in [0.29, 0.717) is 17.4 Å². The normalized spacial score (nSPS) is 14.6. The molecule has 0 aromatic carbocycles. The minimum absolute atomic E-state index is 0.00837. The zero-order valence-electron chi connectivity index (χ0n) is 44.3. The van der Waals surface area contributed by atoms with Crippen LogP contribution in [0, 0.1) is 0 Å². The summed E-state index contributed by atoms with van der Waals surface area (Å²) in [7, 11) is 1.24. The van der Waals surface area contributed by atoms with Gasteiger partial charge in [0.05, 0.1) is 39.9 Å². The second-order valence-electron chi connectivity index (χ2n) is 19.9. The standard InChI is InChI=1S/C58H107N2O6P/c1-6-8-10-12-14-16-18-20-22-24-26-27-28-29-30-31-32-33-34-36-38-40-42-44-46-48-50-52-58(62)59-56(55-66-67(63,64)65-54-53-60(3,4)5)57(61)51-49-47-45-43-41-39-37-35-25-23-21-19-17-15-13-11-9-7-2/h8,10,14,16,20,22,26-27,41,43,49,51,56-57,61H,6-7,9,11-13,15,17-19,21,23-25,28-40,42,44-48,50,52-55H2,1-5H3,(H-,59,62,63,64)/b10-8-,16-14-,22-20-,27-26-,43-41+,51-49+. The number of unbranched alkanes of at least 4 members (excludes halogenated alkanes) is 27. The summed E-state index contributed by atoms with van der Waals surface area (Å²) in [4.78, 5) is 25.5. The van der Waals surface area contributed by atoms with Crippen molar-refractivity contribution in [3.63, 3.8) is 0 Å². The van der Waals surface area contributed by atoms with E-state index in [-0.39, 0.29) is 12.5 Å². The van der Waals surface area contributed by atoms with Gasteiger partial charge in [-0.05, 0) is 70.6 Å². The van der Waals surface area contributed by atoms with Crippen molar-refractivity contribution in [1.82, 2.24) is 5.32 Å². The third-order valence-electron chi connectivity index (χ3n) is 12.2. The second kappa shape index (κ2) is 48.9. The second-order valence-corrected chi connectivity index (χ2v) is 21.3. The first kappa shape index (κ1) is 64.9. The van der Waals surface area contributed by atoms with Gasteiger partial charge < -0.3 is 28.8 Å². The molecule has 9 heteroatoms. The Morgan fingerprint density at radius 1 is 0.537 bits per heavy atom. The highest BCUT2D eigenvalue weighted by molar-refractivity contribution is 7.45. The highest BCUT2D eigenvalue weighted by Crippen LogP contribution is 2.38. The number of allylic oxidation sites excluding steroid dienone is 11. The molecule has 0 aromatic heterocycles. The zero-order valence-corrected chi connectivity index (χ0v) is 45.2. The number of rotatable bonds is 50. The summed E-state index contributed by atoms with van der Waals surface area (Å²) in [5, 5.41) is 13.8. The quantitative estimate of drug-likeness (QED) is 0.0272. The van der Waals surface area contributed by atoms with E-state index >= 15 is 0 Å². The Labute approximate surface area is 414 Å². The average Bonchev–Trinajstić information content (AvgIpc) is 3.29. The summed E-state index contributed by atoms with van der Waals surface area (Å²) >= 11 is 0. The van der Waals surface area contributed by atoms with E-state index < -0.39 is 26.6 Å². The minimum Gasteiger partial charge on any atom is -0.756 e. The van der Waals surface area contributed by atoms with E-state index in [0.717, 1.165) is 64.2 Å². The fourth-order valence-electron chi connectivity index (χ4n) is 7.81. The molecule has 0 spiro atoms. The highest BCUT2D eigenvalue weighted by Gasteiger charge is 2.23. The van der Waals surface area contributed by atoms with Crippen molar-refractivity contribution in [3.05, 3.63) is 72.9 Å². The van der Waals surface area contributed by atoms with Crippen molar-refractivity contribution in [2.75, 3.05) is 40.9 Å². The molecule has 0 heterocycles. The van der Waals surface area contributed by atoms with Gasteiger partial charge in [-0.3, -0.25) is 9.36 Å². The van der Waals surface area contributed by atoms with Crippen molar-refractivity contribution >= 4 is 13.7 Å². The number of carbonyl (C=O) groups excluding carboxylic acids is 1. The van der Waals surface area contributed by atoms with Crippen LogP contribution in [0.2, 0.25) is 0 Å². The number of phosphoric ester groups is 1. The van der Waals surface area contributed by atoms with Gasteiger partial charge in [0, 0.05) is 6.42 Å². The Kier molecular flexibility index (Phi) is 47.4. The average molecular weight is 959 g/mol. The third-order valence-corrected chi connectivity index (χ3v) is 13.1. The molecule has 2 N–H and O–H groups in total. The van der Waals surface area contributed by atoms with Crippen LogP contribution in [0.1, 0.15) is 239 Å². The topological polar surface area (TPSA) is 108 Å². The maximum atomic E-state index is 13.0. The minimum atomic E-state index is -4.61. The van der Waals surface area contributed by atoms with Crippen LogP contribution >= 0.6 is 7.82 Å². The van der Waals surface area contributed by atoms with Crippen molar-refractivity contribution in [1.29, 1.82) is 0 Å². The first-order chi connectivity index (χ1) is 32.5. The van der Waals surface area contributed by atoms with Crippen LogP contribution in [0.3, 0.4) is 0 Å². The number of nitrogens with one attached hydrogen (secondary N) is 1. The van der Waals surface area contributed by atoms with Crippen LogP contribution in [0.25, 0.3) is 0 Å². The number of phosphoric acid groups is 1. The third kappa shape index (κ3) is 51.6. The van der Waals surface area contributed by atoms with E-state index in [4.69, 9.17) is 9.05 Å². The van der Waals surface area contributed by atoms with Crippen LogP contribution in [0.15, 0.2) is 72.9 Å². The summed E-state index contributed by atoms with van der Waals surface area (Å²) in [6, 6.07) is -0.907. The van der Waals surface area contributed by atoms with Gasteiger partial charge in [0.1, 0.15) is 13.2 Å². The van der Waals surface area contributed by atoms with Gasteiger partial charge in [0.2, 0.25) is 5.91 Å². The summed E-state index contributed by atoms with van der Waals surface area (Å²) < 4.78 is 23.3. The number of hydrogen-bond donors (Lipinski definition) is 2. The fraction of sp³-hybridized carbons (Fsp3) is 0.776. The predicted octanol–water partition coefficient (Wildman–Crippen LogP) is 16.1. The summed E-state index contributed by atoms with van der Waals surface area (Å²) in [6.07, 6.45) is 66.9. The number of carbonyl (C=O) groups is 1. The van der Waals surface area contributed by atoms with Gasteiger partial charge in [-0.1, -0.05) is 234 Å². The predicted molar refractivity (Wildman–Crippen MR) is 288 cm³/mol. The van der Waals surface area contributed by atoms with Crippen molar-refractivity contribution < 1.29 is 32.9 Å². The molecule has 0 saturated carbocycles. The largest absolute Gasteiger partial charge is 0.756 e. The maximum absolute atomic E-state index is 13.0. The molecule has 0 fully saturated rings. The zero-order chi connectivity index (χ0) is 49.2. The lowest BCUT2D eigenvalue weighted by Crippen LogP contribution is -2.45. The summed E-state index contributed by atoms with van der Waals surface area (Å²) in [5.74, 6) is -0.209. The van der Waals surface area contributed by atoms with E-state index in [2.05, 4.69) is 79.9 Å². The maximum Gasteiger partial charge on any atom is 0.268 e. The lowest BCUT2D eigenvalue weighted by atomic mass is 10.0. The van der Waals surface area contributed by atoms with E-state index in [1.165, 1.54) is 154 Å². The molecule has 0 bridgehead atoms. The summed E-state index contributed by atoms with van der Waals surface area (Å²) in [5.41, 5.74) is 0. The van der Waals surface area contributed by atoms with Crippen molar-refractivity contribution in [2.24, 2.45) is 0 Å². The Bertz CT molecular complexity index is 1320. The van der Waals surface area contributed by atoms with Crippen molar-refractivity contribution in [3.8, 4) is 0 Å². The molecular weight excluding hydrogens is 852 g/mol. The highest BCUT2D eigenvalue weighted by atomic mass is 31.2. The smallest absolute Gasteiger partial charge is 0.268 e. The van der Waals surface area contributed by atoms with Crippen LogP contribution in [0.5, 0.6) is 0 Å². The van der Waals surface area contributed by atoms with Gasteiger partial charge in [-0.25, -0.2) is 0 Å². The van der Waals surface area contributed by atoms with Crippen LogP contribution in [-0.2, 0) is 18.4 Å². The van der Waals surface area contributed by atoms with Crippen molar-refractivity contribution in [2.45, 2.75) is 251 Å². The van der Waals surface area contributed by atoms with Gasteiger partial charge in [0.25, 0.3) is 7.82 Å². The molecule has 0 aromatic rings. The SMILES string of the molecule is CC/C=C\C/C=C\C/C=C\C/C=C\CCCCCCCCCCCCCCCCC(=O)NC(COP(=O)([O-])OCC[N+](C)(C)C)C(O)/C=C/CC/C=C/CCCCCCCCCCCCCC. The monoisotopic (exact) mass is 959 g/mol. The fourth-order valence-corrected chi connectivity index (χ4v) is 8.53.